The highest BCUT2D eigenvalue weighted by Gasteiger charge is 2.09. The summed E-state index contributed by atoms with van der Waals surface area (Å²) in [6.45, 7) is 2.68. The molecule has 5 heteroatoms. The summed E-state index contributed by atoms with van der Waals surface area (Å²) < 4.78 is 7.27. The van der Waals surface area contributed by atoms with E-state index in [-0.39, 0.29) is 0 Å². The molecule has 94 valence electrons. The summed E-state index contributed by atoms with van der Waals surface area (Å²) in [6, 6.07) is 6.06. The van der Waals surface area contributed by atoms with Crippen molar-refractivity contribution in [1.82, 2.24) is 9.55 Å². The summed E-state index contributed by atoms with van der Waals surface area (Å²) >= 11 is 4.97. The number of hydrogen-bond donors (Lipinski definition) is 1. The third-order valence-electron chi connectivity index (χ3n) is 2.71. The zero-order valence-corrected chi connectivity index (χ0v) is 11.2. The van der Waals surface area contributed by atoms with Gasteiger partial charge in [0.15, 0.2) is 5.82 Å². The van der Waals surface area contributed by atoms with Crippen LogP contribution in [0.3, 0.4) is 0 Å². The van der Waals surface area contributed by atoms with Crippen molar-refractivity contribution >= 4 is 17.2 Å². The maximum absolute atomic E-state index is 5.63. The first-order chi connectivity index (χ1) is 8.61. The van der Waals surface area contributed by atoms with E-state index in [1.807, 2.05) is 29.8 Å². The van der Waals surface area contributed by atoms with Crippen LogP contribution in [0, 0.1) is 6.92 Å². The number of methoxy groups -OCH3 is 1. The Bertz CT molecular complexity index is 577. The molecule has 0 amide bonds. The number of aryl methyl sites for hydroxylation is 1. The van der Waals surface area contributed by atoms with Gasteiger partial charge in [-0.1, -0.05) is 29.9 Å². The molecule has 0 saturated heterocycles. The summed E-state index contributed by atoms with van der Waals surface area (Å²) in [6.07, 6.45) is 3.55. The molecule has 0 radical (unpaired) electrons. The smallest absolute Gasteiger partial charge is 0.167 e. The van der Waals surface area contributed by atoms with E-state index in [2.05, 4.69) is 11.1 Å². The van der Waals surface area contributed by atoms with Gasteiger partial charge in [0.1, 0.15) is 10.7 Å². The van der Waals surface area contributed by atoms with Gasteiger partial charge < -0.3 is 15.0 Å². The first-order valence-corrected chi connectivity index (χ1v) is 5.97. The molecule has 0 aliphatic carbocycles. The Balaban J connectivity index is 2.36. The standard InChI is InChI=1S/C13H15N3OS/c1-9-3-4-11(17-2)10(7-9)8-16-6-5-15-13(16)12(14)18/h3-7H,8H2,1-2H3,(H2,14,18). The van der Waals surface area contributed by atoms with Crippen LogP contribution in [-0.2, 0) is 6.54 Å². The molecule has 1 heterocycles. The van der Waals surface area contributed by atoms with Crippen LogP contribution in [0.2, 0.25) is 0 Å². The van der Waals surface area contributed by atoms with E-state index in [1.54, 1.807) is 13.3 Å². The Kier molecular flexibility index (Phi) is 3.62. The molecule has 0 fully saturated rings. The van der Waals surface area contributed by atoms with Crippen molar-refractivity contribution in [1.29, 1.82) is 0 Å². The van der Waals surface area contributed by atoms with Gasteiger partial charge in [-0.3, -0.25) is 0 Å². The van der Waals surface area contributed by atoms with Gasteiger partial charge in [-0.25, -0.2) is 4.98 Å². The lowest BCUT2D eigenvalue weighted by Gasteiger charge is -2.11. The highest BCUT2D eigenvalue weighted by molar-refractivity contribution is 7.80. The Hall–Kier alpha value is -1.88. The van der Waals surface area contributed by atoms with Crippen LogP contribution < -0.4 is 10.5 Å². The van der Waals surface area contributed by atoms with Crippen LogP contribution in [0.4, 0.5) is 0 Å². The molecule has 18 heavy (non-hydrogen) atoms. The highest BCUT2D eigenvalue weighted by Crippen LogP contribution is 2.21. The van der Waals surface area contributed by atoms with Crippen LogP contribution >= 0.6 is 12.2 Å². The third kappa shape index (κ3) is 2.51. The molecule has 1 aromatic carbocycles. The molecule has 0 atom stereocenters. The van der Waals surface area contributed by atoms with E-state index < -0.39 is 0 Å². The van der Waals surface area contributed by atoms with E-state index in [1.165, 1.54) is 5.56 Å². The Morgan fingerprint density at radius 2 is 2.28 bits per heavy atom. The minimum Gasteiger partial charge on any atom is -0.496 e. The quantitative estimate of drug-likeness (QED) is 0.854. The van der Waals surface area contributed by atoms with E-state index in [0.717, 1.165) is 11.3 Å². The zero-order chi connectivity index (χ0) is 13.1. The molecule has 4 nitrogen and oxygen atoms in total. The van der Waals surface area contributed by atoms with Gasteiger partial charge >= 0.3 is 0 Å². The second kappa shape index (κ2) is 5.18. The Labute approximate surface area is 111 Å². The molecule has 0 saturated carbocycles. The lowest BCUT2D eigenvalue weighted by atomic mass is 10.1. The number of thiocarbonyl (C=S) groups is 1. The van der Waals surface area contributed by atoms with Gasteiger partial charge in [0.25, 0.3) is 0 Å². The minimum absolute atomic E-state index is 0.298. The molecule has 1 aromatic heterocycles. The predicted molar refractivity (Wildman–Crippen MR) is 74.9 cm³/mol. The number of aromatic nitrogens is 2. The fourth-order valence-corrected chi connectivity index (χ4v) is 2.05. The number of benzene rings is 1. The van der Waals surface area contributed by atoms with Crippen molar-refractivity contribution in [2.24, 2.45) is 5.73 Å². The summed E-state index contributed by atoms with van der Waals surface area (Å²) in [5.41, 5.74) is 7.89. The number of ether oxygens (including phenoxy) is 1. The van der Waals surface area contributed by atoms with E-state index in [4.69, 9.17) is 22.7 Å². The maximum Gasteiger partial charge on any atom is 0.167 e. The molecule has 0 spiro atoms. The maximum atomic E-state index is 5.63. The fraction of sp³-hybridized carbons (Fsp3) is 0.231. The second-order valence-electron chi connectivity index (χ2n) is 4.06. The normalized spacial score (nSPS) is 10.3. The van der Waals surface area contributed by atoms with E-state index in [0.29, 0.717) is 17.4 Å². The highest BCUT2D eigenvalue weighted by atomic mass is 32.1. The van der Waals surface area contributed by atoms with Gasteiger partial charge in [-0.15, -0.1) is 0 Å². The van der Waals surface area contributed by atoms with E-state index >= 15 is 0 Å². The van der Waals surface area contributed by atoms with Crippen molar-refractivity contribution in [2.75, 3.05) is 7.11 Å². The van der Waals surface area contributed by atoms with Crippen LogP contribution in [0.5, 0.6) is 5.75 Å². The number of imidazole rings is 1. The van der Waals surface area contributed by atoms with Crippen molar-refractivity contribution in [3.05, 3.63) is 47.5 Å². The summed E-state index contributed by atoms with van der Waals surface area (Å²) in [5, 5.41) is 0. The molecule has 2 rings (SSSR count). The monoisotopic (exact) mass is 261 g/mol. The zero-order valence-electron chi connectivity index (χ0n) is 10.4. The van der Waals surface area contributed by atoms with Gasteiger partial charge in [-0.2, -0.15) is 0 Å². The van der Waals surface area contributed by atoms with Crippen LogP contribution in [0.25, 0.3) is 0 Å². The van der Waals surface area contributed by atoms with Crippen LogP contribution in [0.1, 0.15) is 17.0 Å². The molecule has 0 bridgehead atoms. The average molecular weight is 261 g/mol. The number of hydrogen-bond acceptors (Lipinski definition) is 3. The van der Waals surface area contributed by atoms with Gasteiger partial charge in [0, 0.05) is 18.0 Å². The van der Waals surface area contributed by atoms with Crippen molar-refractivity contribution in [3.63, 3.8) is 0 Å². The molecule has 2 N–H and O–H groups in total. The summed E-state index contributed by atoms with van der Waals surface area (Å²) in [7, 11) is 1.66. The van der Waals surface area contributed by atoms with Gasteiger partial charge in [0.05, 0.1) is 13.7 Å². The first-order valence-electron chi connectivity index (χ1n) is 5.56. The van der Waals surface area contributed by atoms with Crippen LogP contribution in [0.15, 0.2) is 30.6 Å². The SMILES string of the molecule is COc1ccc(C)cc1Cn1ccnc1C(N)=S. The Morgan fingerprint density at radius 1 is 1.50 bits per heavy atom. The average Bonchev–Trinajstić information content (AvgIpc) is 2.77. The largest absolute Gasteiger partial charge is 0.496 e. The van der Waals surface area contributed by atoms with E-state index in [9.17, 15) is 0 Å². The third-order valence-corrected chi connectivity index (χ3v) is 2.90. The number of nitrogens with two attached hydrogens (primary N) is 1. The summed E-state index contributed by atoms with van der Waals surface area (Å²) in [5.74, 6) is 1.47. The van der Waals surface area contributed by atoms with Gasteiger partial charge in [-0.05, 0) is 13.0 Å². The lowest BCUT2D eigenvalue weighted by molar-refractivity contribution is 0.408. The lowest BCUT2D eigenvalue weighted by Crippen LogP contribution is -2.17. The van der Waals surface area contributed by atoms with Gasteiger partial charge in [0.2, 0.25) is 0 Å². The number of rotatable bonds is 4. The molecule has 0 aliphatic heterocycles. The second-order valence-corrected chi connectivity index (χ2v) is 4.50. The van der Waals surface area contributed by atoms with Crippen molar-refractivity contribution in [3.8, 4) is 5.75 Å². The number of nitrogens with zero attached hydrogens (tertiary/aromatic N) is 2. The molecule has 0 aliphatic rings. The van der Waals surface area contributed by atoms with Crippen molar-refractivity contribution in [2.45, 2.75) is 13.5 Å². The topological polar surface area (TPSA) is 53.1 Å². The van der Waals surface area contributed by atoms with Crippen LogP contribution in [-0.4, -0.2) is 21.6 Å². The molecule has 0 unspecified atom stereocenters. The molecular weight excluding hydrogens is 246 g/mol. The predicted octanol–water partition coefficient (Wildman–Crippen LogP) is 1.88. The minimum atomic E-state index is 0.298. The van der Waals surface area contributed by atoms with Crippen molar-refractivity contribution < 1.29 is 4.74 Å². The Morgan fingerprint density at radius 3 is 2.94 bits per heavy atom. The molecule has 2 aromatic rings. The fourth-order valence-electron chi connectivity index (χ4n) is 1.88. The first kappa shape index (κ1) is 12.6. The summed E-state index contributed by atoms with van der Waals surface area (Å²) in [4.78, 5) is 4.44. The molecular formula is C13H15N3OS.